The van der Waals surface area contributed by atoms with Crippen LogP contribution in [0.1, 0.15) is 12.8 Å². The lowest BCUT2D eigenvalue weighted by Crippen LogP contribution is -2.41. The molecule has 0 unspecified atom stereocenters. The second-order valence-corrected chi connectivity index (χ2v) is 9.89. The third-order valence-corrected chi connectivity index (χ3v) is 7.86. The molecule has 0 saturated carbocycles. The molecule has 1 N–H and O–H groups in total. The first-order chi connectivity index (χ1) is 12.8. The van der Waals surface area contributed by atoms with Crippen LogP contribution in [0.3, 0.4) is 0 Å². The lowest BCUT2D eigenvalue weighted by Gasteiger charge is -2.30. The third kappa shape index (κ3) is 4.84. The van der Waals surface area contributed by atoms with Crippen molar-refractivity contribution in [1.82, 2.24) is 4.31 Å². The maximum absolute atomic E-state index is 12.7. The first-order valence-electron chi connectivity index (χ1n) is 8.29. The molecule has 9 heteroatoms. The minimum atomic E-state index is -3.58. The van der Waals surface area contributed by atoms with E-state index in [1.165, 1.54) is 16.4 Å². The van der Waals surface area contributed by atoms with Gasteiger partial charge in [0.2, 0.25) is 15.9 Å². The number of carbonyl (C=O) groups is 1. The molecule has 0 aliphatic carbocycles. The van der Waals surface area contributed by atoms with Gasteiger partial charge >= 0.3 is 0 Å². The van der Waals surface area contributed by atoms with E-state index in [0.717, 1.165) is 4.47 Å². The Labute approximate surface area is 176 Å². The van der Waals surface area contributed by atoms with Gasteiger partial charge in [0.15, 0.2) is 0 Å². The molecule has 27 heavy (non-hydrogen) atoms. The number of benzene rings is 2. The molecule has 1 aliphatic heterocycles. The van der Waals surface area contributed by atoms with Crippen molar-refractivity contribution in [3.05, 3.63) is 57.0 Å². The van der Waals surface area contributed by atoms with Crippen LogP contribution in [0.15, 0.2) is 51.8 Å². The van der Waals surface area contributed by atoms with Crippen molar-refractivity contribution in [2.45, 2.75) is 17.7 Å². The summed E-state index contributed by atoms with van der Waals surface area (Å²) < 4.78 is 27.6. The Bertz CT molecular complexity index is 944. The molecule has 2 aromatic rings. The fourth-order valence-corrected chi connectivity index (χ4v) is 4.96. The zero-order chi connectivity index (χ0) is 19.6. The van der Waals surface area contributed by atoms with Gasteiger partial charge in [-0.15, -0.1) is 0 Å². The maximum atomic E-state index is 12.7. The third-order valence-electron chi connectivity index (χ3n) is 4.46. The number of hydrogen-bond acceptors (Lipinski definition) is 3. The lowest BCUT2D eigenvalue weighted by molar-refractivity contribution is -0.120. The summed E-state index contributed by atoms with van der Waals surface area (Å²) in [6.45, 7) is 0.592. The van der Waals surface area contributed by atoms with E-state index in [2.05, 4.69) is 21.2 Å². The number of nitrogens with zero attached hydrogens (tertiary/aromatic N) is 1. The van der Waals surface area contributed by atoms with Gasteiger partial charge in [-0.1, -0.05) is 23.2 Å². The highest BCUT2D eigenvalue weighted by Gasteiger charge is 2.32. The number of halogens is 3. The van der Waals surface area contributed by atoms with Crippen molar-refractivity contribution in [3.63, 3.8) is 0 Å². The molecule has 0 bridgehead atoms. The van der Waals surface area contributed by atoms with Crippen LogP contribution in [-0.2, 0) is 14.8 Å². The Balaban J connectivity index is 1.61. The van der Waals surface area contributed by atoms with Crippen molar-refractivity contribution in [1.29, 1.82) is 0 Å². The van der Waals surface area contributed by atoms with Gasteiger partial charge in [0.25, 0.3) is 0 Å². The van der Waals surface area contributed by atoms with Crippen LogP contribution < -0.4 is 5.32 Å². The van der Waals surface area contributed by atoms with E-state index in [9.17, 15) is 13.2 Å². The first-order valence-corrected chi connectivity index (χ1v) is 11.3. The fourth-order valence-electron chi connectivity index (χ4n) is 2.93. The van der Waals surface area contributed by atoms with Crippen LogP contribution in [0.2, 0.25) is 10.0 Å². The van der Waals surface area contributed by atoms with Gasteiger partial charge in [0.1, 0.15) is 0 Å². The minimum Gasteiger partial charge on any atom is -0.326 e. The summed E-state index contributed by atoms with van der Waals surface area (Å²) in [6.07, 6.45) is 0.922. The average Bonchev–Trinajstić information content (AvgIpc) is 2.65. The molecule has 2 aromatic carbocycles. The summed E-state index contributed by atoms with van der Waals surface area (Å²) in [5, 5.41) is 3.84. The van der Waals surface area contributed by atoms with Crippen molar-refractivity contribution in [3.8, 4) is 0 Å². The molecule has 0 radical (unpaired) electrons. The van der Waals surface area contributed by atoms with Gasteiger partial charge in [0, 0.05) is 34.2 Å². The molecule has 144 valence electrons. The van der Waals surface area contributed by atoms with Crippen LogP contribution in [0.25, 0.3) is 0 Å². The number of carbonyl (C=O) groups excluding carboxylic acids is 1. The number of amides is 1. The van der Waals surface area contributed by atoms with Gasteiger partial charge in [-0.2, -0.15) is 4.31 Å². The molecule has 0 atom stereocenters. The number of nitrogens with one attached hydrogen (secondary N) is 1. The molecule has 0 aromatic heterocycles. The minimum absolute atomic E-state index is 0.128. The number of anilines is 1. The Kier molecular flexibility index (Phi) is 6.48. The maximum Gasteiger partial charge on any atom is 0.243 e. The Morgan fingerprint density at radius 2 is 1.70 bits per heavy atom. The number of hydrogen-bond donors (Lipinski definition) is 1. The molecule has 1 saturated heterocycles. The number of sulfonamides is 1. The van der Waals surface area contributed by atoms with E-state index in [1.54, 1.807) is 30.3 Å². The zero-order valence-corrected chi connectivity index (χ0v) is 18.1. The van der Waals surface area contributed by atoms with E-state index in [-0.39, 0.29) is 16.7 Å². The molecule has 1 heterocycles. The van der Waals surface area contributed by atoms with E-state index in [4.69, 9.17) is 23.2 Å². The van der Waals surface area contributed by atoms with Crippen molar-refractivity contribution in [2.75, 3.05) is 18.4 Å². The summed E-state index contributed by atoms with van der Waals surface area (Å²) in [5.41, 5.74) is 0.615. The van der Waals surface area contributed by atoms with Crippen LogP contribution in [0.4, 0.5) is 5.69 Å². The van der Waals surface area contributed by atoms with E-state index in [0.29, 0.717) is 41.7 Å². The second-order valence-electron chi connectivity index (χ2n) is 6.25. The monoisotopic (exact) mass is 490 g/mol. The topological polar surface area (TPSA) is 66.5 Å². The van der Waals surface area contributed by atoms with Crippen LogP contribution in [0, 0.1) is 5.92 Å². The summed E-state index contributed by atoms with van der Waals surface area (Å²) in [4.78, 5) is 12.7. The predicted octanol–water partition coefficient (Wildman–Crippen LogP) is 4.80. The Morgan fingerprint density at radius 1 is 1.07 bits per heavy atom. The molecule has 1 fully saturated rings. The van der Waals surface area contributed by atoms with Crippen LogP contribution >= 0.6 is 39.1 Å². The van der Waals surface area contributed by atoms with Crippen molar-refractivity contribution in [2.24, 2.45) is 5.92 Å². The summed E-state index contributed by atoms with van der Waals surface area (Å²) in [7, 11) is -3.58. The largest absolute Gasteiger partial charge is 0.326 e. The molecule has 1 aliphatic rings. The highest BCUT2D eigenvalue weighted by Crippen LogP contribution is 2.28. The molecular weight excluding hydrogens is 475 g/mol. The second kappa shape index (κ2) is 8.49. The average molecular weight is 492 g/mol. The molecule has 0 spiro atoms. The highest BCUT2D eigenvalue weighted by molar-refractivity contribution is 9.10. The standard InChI is InChI=1S/C18H17BrCl2N2O3S/c19-16-6-3-14(11-17(16)21)22-18(24)12-7-9-23(10-8-12)27(25,26)15-4-1-13(20)2-5-15/h1-6,11-12H,7-10H2,(H,22,24). The van der Waals surface area contributed by atoms with Gasteiger partial charge in [-0.25, -0.2) is 8.42 Å². The smallest absolute Gasteiger partial charge is 0.243 e. The number of rotatable bonds is 4. The van der Waals surface area contributed by atoms with Gasteiger partial charge in [-0.3, -0.25) is 4.79 Å². The highest BCUT2D eigenvalue weighted by atomic mass is 79.9. The Hall–Kier alpha value is -1.12. The van der Waals surface area contributed by atoms with Gasteiger partial charge in [0.05, 0.1) is 9.92 Å². The Morgan fingerprint density at radius 3 is 2.30 bits per heavy atom. The van der Waals surface area contributed by atoms with E-state index in [1.807, 2.05) is 0 Å². The first kappa shape index (κ1) is 20.6. The summed E-state index contributed by atoms with van der Waals surface area (Å²) in [6, 6.07) is 11.3. The van der Waals surface area contributed by atoms with Crippen molar-refractivity contribution < 1.29 is 13.2 Å². The summed E-state index contributed by atoms with van der Waals surface area (Å²) >= 11 is 15.2. The SMILES string of the molecule is O=C(Nc1ccc(Br)c(Cl)c1)C1CCN(S(=O)(=O)c2ccc(Cl)cc2)CC1. The van der Waals surface area contributed by atoms with E-state index >= 15 is 0 Å². The van der Waals surface area contributed by atoms with Gasteiger partial charge < -0.3 is 5.32 Å². The molecule has 3 rings (SSSR count). The van der Waals surface area contributed by atoms with Crippen LogP contribution in [-0.4, -0.2) is 31.7 Å². The predicted molar refractivity (Wildman–Crippen MR) is 111 cm³/mol. The lowest BCUT2D eigenvalue weighted by atomic mass is 9.97. The zero-order valence-electron chi connectivity index (χ0n) is 14.2. The van der Waals surface area contributed by atoms with E-state index < -0.39 is 10.0 Å². The summed E-state index contributed by atoms with van der Waals surface area (Å²) in [5.74, 6) is -0.374. The quantitative estimate of drug-likeness (QED) is 0.668. The fraction of sp³-hybridized carbons (Fsp3) is 0.278. The molecular formula is C18H17BrCl2N2O3S. The van der Waals surface area contributed by atoms with Gasteiger partial charge in [-0.05, 0) is 71.2 Å². The number of piperidine rings is 1. The van der Waals surface area contributed by atoms with Crippen LogP contribution in [0.5, 0.6) is 0 Å². The normalized spacial score (nSPS) is 16.3. The van der Waals surface area contributed by atoms with Crippen molar-refractivity contribution >= 4 is 60.7 Å². The molecule has 5 nitrogen and oxygen atoms in total. The molecule has 1 amide bonds.